The van der Waals surface area contributed by atoms with E-state index < -0.39 is 0 Å². The summed E-state index contributed by atoms with van der Waals surface area (Å²) in [6.45, 7) is 3.14. The molecule has 0 atom stereocenters. The summed E-state index contributed by atoms with van der Waals surface area (Å²) < 4.78 is 5.07. The predicted molar refractivity (Wildman–Crippen MR) is 64.9 cm³/mol. The van der Waals surface area contributed by atoms with E-state index in [2.05, 4.69) is 10.5 Å². The molecule has 1 aromatic carbocycles. The first-order valence-corrected chi connectivity index (χ1v) is 5.63. The third-order valence-electron chi connectivity index (χ3n) is 2.32. The Morgan fingerprint density at radius 2 is 2.18 bits per heavy atom. The quantitative estimate of drug-likeness (QED) is 0.878. The van der Waals surface area contributed by atoms with Gasteiger partial charge in [0.2, 0.25) is 0 Å². The number of aromatic nitrogens is 1. The molecule has 5 heteroatoms. The molecular weight excluding hydrogens is 240 g/mol. The number of hydrogen-bond donors (Lipinski definition) is 2. The molecule has 0 amide bonds. The lowest BCUT2D eigenvalue weighted by molar-refractivity contribution is 0.369. The minimum atomic E-state index is 0.0984. The molecule has 0 spiro atoms. The van der Waals surface area contributed by atoms with Crippen LogP contribution >= 0.6 is 11.6 Å². The van der Waals surface area contributed by atoms with Crippen LogP contribution in [0.5, 0.6) is 5.75 Å². The third-order valence-corrected chi connectivity index (χ3v) is 2.62. The number of aromatic hydroxyl groups is 1. The van der Waals surface area contributed by atoms with Gasteiger partial charge in [-0.25, -0.2) is 0 Å². The van der Waals surface area contributed by atoms with Crippen molar-refractivity contribution in [1.82, 2.24) is 10.5 Å². The van der Waals surface area contributed by atoms with E-state index >= 15 is 0 Å². The highest BCUT2D eigenvalue weighted by molar-refractivity contribution is 6.32. The maximum absolute atomic E-state index is 9.27. The van der Waals surface area contributed by atoms with E-state index in [0.29, 0.717) is 18.1 Å². The Bertz CT molecular complexity index is 511. The number of phenols is 1. The fourth-order valence-corrected chi connectivity index (χ4v) is 1.69. The summed E-state index contributed by atoms with van der Waals surface area (Å²) in [5.74, 6) is 0.897. The van der Waals surface area contributed by atoms with Crippen LogP contribution in [0.25, 0.3) is 0 Å². The second-order valence-electron chi connectivity index (χ2n) is 3.82. The van der Waals surface area contributed by atoms with Crippen LogP contribution in [-0.4, -0.2) is 10.3 Å². The number of halogens is 1. The highest BCUT2D eigenvalue weighted by Crippen LogP contribution is 2.23. The zero-order valence-electron chi connectivity index (χ0n) is 9.40. The number of hydrogen-bond acceptors (Lipinski definition) is 4. The molecule has 0 unspecified atom stereocenters. The van der Waals surface area contributed by atoms with Crippen molar-refractivity contribution >= 4 is 11.6 Å². The lowest BCUT2D eigenvalue weighted by Crippen LogP contribution is -2.12. The van der Waals surface area contributed by atoms with Crippen molar-refractivity contribution in [2.24, 2.45) is 0 Å². The summed E-state index contributed by atoms with van der Waals surface area (Å²) in [6.07, 6.45) is 0. The van der Waals surface area contributed by atoms with Gasteiger partial charge in [0.15, 0.2) is 5.76 Å². The summed E-state index contributed by atoms with van der Waals surface area (Å²) in [5.41, 5.74) is 1.87. The van der Waals surface area contributed by atoms with Gasteiger partial charge in [-0.05, 0) is 24.6 Å². The van der Waals surface area contributed by atoms with Gasteiger partial charge in [0.1, 0.15) is 5.75 Å². The van der Waals surface area contributed by atoms with Crippen molar-refractivity contribution in [1.29, 1.82) is 0 Å². The summed E-state index contributed by atoms with van der Waals surface area (Å²) >= 11 is 5.81. The van der Waals surface area contributed by atoms with Gasteiger partial charge in [0.05, 0.1) is 17.3 Å². The van der Waals surface area contributed by atoms with Crippen molar-refractivity contribution in [3.05, 3.63) is 46.3 Å². The largest absolute Gasteiger partial charge is 0.506 e. The first-order chi connectivity index (χ1) is 8.15. The summed E-state index contributed by atoms with van der Waals surface area (Å²) in [6, 6.07) is 7.02. The molecule has 0 fully saturated rings. The first-order valence-electron chi connectivity index (χ1n) is 5.25. The first kappa shape index (κ1) is 12.0. The van der Waals surface area contributed by atoms with Crippen LogP contribution in [0.3, 0.4) is 0 Å². The lowest BCUT2D eigenvalue weighted by Gasteiger charge is -2.04. The average Bonchev–Trinajstić information content (AvgIpc) is 2.70. The summed E-state index contributed by atoms with van der Waals surface area (Å²) in [7, 11) is 0. The minimum Gasteiger partial charge on any atom is -0.506 e. The van der Waals surface area contributed by atoms with Crippen LogP contribution < -0.4 is 5.32 Å². The second kappa shape index (κ2) is 5.21. The molecule has 90 valence electrons. The molecule has 0 radical (unpaired) electrons. The van der Waals surface area contributed by atoms with Crippen LogP contribution in [0.1, 0.15) is 17.0 Å². The van der Waals surface area contributed by atoms with E-state index in [1.807, 2.05) is 19.1 Å². The van der Waals surface area contributed by atoms with Crippen molar-refractivity contribution in [2.45, 2.75) is 20.0 Å². The summed E-state index contributed by atoms with van der Waals surface area (Å²) in [4.78, 5) is 0. The van der Waals surface area contributed by atoms with E-state index in [1.54, 1.807) is 12.1 Å². The van der Waals surface area contributed by atoms with Gasteiger partial charge in [0.25, 0.3) is 0 Å². The van der Waals surface area contributed by atoms with E-state index in [9.17, 15) is 5.11 Å². The van der Waals surface area contributed by atoms with Crippen molar-refractivity contribution in [3.63, 3.8) is 0 Å². The Morgan fingerprint density at radius 1 is 1.35 bits per heavy atom. The number of aryl methyl sites for hydroxylation is 1. The standard InChI is InChI=1S/C12H13ClN2O2/c1-8-4-10(17-15-8)7-14-6-9-2-3-12(16)11(13)5-9/h2-5,14,16H,6-7H2,1H3. The van der Waals surface area contributed by atoms with Crippen LogP contribution in [0.4, 0.5) is 0 Å². The smallest absolute Gasteiger partial charge is 0.150 e. The molecule has 4 nitrogen and oxygen atoms in total. The van der Waals surface area contributed by atoms with Crippen LogP contribution in [-0.2, 0) is 13.1 Å². The van der Waals surface area contributed by atoms with Gasteiger partial charge in [-0.3, -0.25) is 0 Å². The van der Waals surface area contributed by atoms with Gasteiger partial charge in [-0.2, -0.15) is 0 Å². The van der Waals surface area contributed by atoms with Crippen LogP contribution in [0, 0.1) is 6.92 Å². The molecule has 1 heterocycles. The summed E-state index contributed by atoms with van der Waals surface area (Å²) in [5, 5.41) is 16.6. The Labute approximate surface area is 104 Å². The molecule has 2 rings (SSSR count). The van der Waals surface area contributed by atoms with Crippen molar-refractivity contribution in [2.75, 3.05) is 0 Å². The third kappa shape index (κ3) is 3.22. The lowest BCUT2D eigenvalue weighted by atomic mass is 10.2. The highest BCUT2D eigenvalue weighted by atomic mass is 35.5. The van der Waals surface area contributed by atoms with Crippen molar-refractivity contribution < 1.29 is 9.63 Å². The zero-order chi connectivity index (χ0) is 12.3. The second-order valence-corrected chi connectivity index (χ2v) is 4.23. The molecule has 0 aliphatic rings. The molecule has 0 aliphatic heterocycles. The van der Waals surface area contributed by atoms with Gasteiger partial charge < -0.3 is 14.9 Å². The Hall–Kier alpha value is -1.52. The molecule has 0 saturated heterocycles. The highest BCUT2D eigenvalue weighted by Gasteiger charge is 2.02. The topological polar surface area (TPSA) is 58.3 Å². The minimum absolute atomic E-state index is 0.0984. The van der Waals surface area contributed by atoms with E-state index in [-0.39, 0.29) is 5.75 Å². The van der Waals surface area contributed by atoms with Gasteiger partial charge in [-0.1, -0.05) is 22.8 Å². The number of benzene rings is 1. The monoisotopic (exact) mass is 252 g/mol. The zero-order valence-corrected chi connectivity index (χ0v) is 10.2. The fraction of sp³-hybridized carbons (Fsp3) is 0.250. The number of nitrogens with zero attached hydrogens (tertiary/aromatic N) is 1. The van der Waals surface area contributed by atoms with Crippen LogP contribution in [0.2, 0.25) is 5.02 Å². The van der Waals surface area contributed by atoms with E-state index in [1.165, 1.54) is 0 Å². The van der Waals surface area contributed by atoms with Crippen molar-refractivity contribution in [3.8, 4) is 5.75 Å². The molecule has 17 heavy (non-hydrogen) atoms. The molecule has 2 aromatic rings. The fourth-order valence-electron chi connectivity index (χ4n) is 1.49. The normalized spacial score (nSPS) is 10.7. The molecule has 0 saturated carbocycles. The number of rotatable bonds is 4. The average molecular weight is 253 g/mol. The molecule has 0 aliphatic carbocycles. The number of phenolic OH excluding ortho intramolecular Hbond substituents is 1. The predicted octanol–water partition coefficient (Wildman–Crippen LogP) is 2.63. The Balaban J connectivity index is 1.87. The van der Waals surface area contributed by atoms with Gasteiger partial charge >= 0.3 is 0 Å². The number of nitrogens with one attached hydrogen (secondary N) is 1. The van der Waals surface area contributed by atoms with E-state index in [4.69, 9.17) is 16.1 Å². The molecule has 1 aromatic heterocycles. The van der Waals surface area contributed by atoms with Gasteiger partial charge in [0, 0.05) is 12.6 Å². The SMILES string of the molecule is Cc1cc(CNCc2ccc(O)c(Cl)c2)on1. The molecule has 2 N–H and O–H groups in total. The molecular formula is C12H13ClN2O2. The maximum Gasteiger partial charge on any atom is 0.150 e. The maximum atomic E-state index is 9.27. The van der Waals surface area contributed by atoms with Crippen LogP contribution in [0.15, 0.2) is 28.8 Å². The van der Waals surface area contributed by atoms with Gasteiger partial charge in [-0.15, -0.1) is 0 Å². The van der Waals surface area contributed by atoms with E-state index in [0.717, 1.165) is 17.0 Å². The molecule has 0 bridgehead atoms. The Morgan fingerprint density at radius 3 is 2.82 bits per heavy atom. The Kier molecular flexibility index (Phi) is 3.66.